The lowest BCUT2D eigenvalue weighted by Crippen LogP contribution is -2.18. The van der Waals surface area contributed by atoms with Gasteiger partial charge in [0.25, 0.3) is 0 Å². The molecule has 1 aromatic carbocycles. The molecular weight excluding hydrogens is 172 g/mol. The van der Waals surface area contributed by atoms with Gasteiger partial charge in [-0.25, -0.2) is 0 Å². The molecule has 2 heterocycles. The molecule has 0 saturated heterocycles. The molecule has 0 spiro atoms. The Kier molecular flexibility index (Phi) is 1.64. The molecule has 0 bridgehead atoms. The first-order valence-corrected chi connectivity index (χ1v) is 5.21. The number of aromatic nitrogens is 1. The van der Waals surface area contributed by atoms with Crippen molar-refractivity contribution in [1.29, 1.82) is 0 Å². The van der Waals surface area contributed by atoms with Crippen LogP contribution in [0.25, 0.3) is 10.9 Å². The molecule has 0 fully saturated rings. The molecule has 2 N–H and O–H groups in total. The van der Waals surface area contributed by atoms with Gasteiger partial charge in [-0.3, -0.25) is 0 Å². The smallest absolute Gasteiger partial charge is 0.0460 e. The average Bonchev–Trinajstić information content (AvgIpc) is 2.65. The number of aryl methyl sites for hydroxylation is 1. The number of hydrogen-bond donors (Lipinski definition) is 2. The summed E-state index contributed by atoms with van der Waals surface area (Å²) in [5.41, 5.74) is 5.67. The highest BCUT2D eigenvalue weighted by Crippen LogP contribution is 2.28. The molecule has 1 aromatic heterocycles. The van der Waals surface area contributed by atoms with Crippen LogP contribution in [0.3, 0.4) is 0 Å². The van der Waals surface area contributed by atoms with Gasteiger partial charge in [0.05, 0.1) is 0 Å². The van der Waals surface area contributed by atoms with E-state index in [0.717, 1.165) is 19.5 Å². The summed E-state index contributed by atoms with van der Waals surface area (Å²) in [7, 11) is 0. The Balaban J connectivity index is 2.41. The lowest BCUT2D eigenvalue weighted by molar-refractivity contribution is 0.679. The predicted octanol–water partition coefficient (Wildman–Crippen LogP) is 2.33. The Morgan fingerprint density at radius 1 is 1.29 bits per heavy atom. The lowest BCUT2D eigenvalue weighted by Gasteiger charge is -2.17. The third kappa shape index (κ3) is 0.946. The van der Waals surface area contributed by atoms with Crippen molar-refractivity contribution < 1.29 is 0 Å². The zero-order chi connectivity index (χ0) is 9.54. The summed E-state index contributed by atoms with van der Waals surface area (Å²) in [5, 5.41) is 4.90. The normalized spacial score (nSPS) is 14.9. The topological polar surface area (TPSA) is 27.8 Å². The standard InChI is InChI=1S/C12H14N2/c1-2-8-3-4-11-12-9(6-14-11)5-13-7-10(8)12/h3-4,6,13-14H,2,5,7H2,1H3. The SMILES string of the molecule is CCc1ccc2[nH]cc3c2c1CNC3. The summed E-state index contributed by atoms with van der Waals surface area (Å²) in [6.07, 6.45) is 3.25. The number of hydrogen-bond acceptors (Lipinski definition) is 1. The maximum atomic E-state index is 3.44. The summed E-state index contributed by atoms with van der Waals surface area (Å²) in [6.45, 7) is 4.24. The predicted molar refractivity (Wildman–Crippen MR) is 58.2 cm³/mol. The molecule has 0 aliphatic carbocycles. The summed E-state index contributed by atoms with van der Waals surface area (Å²) in [5.74, 6) is 0. The molecule has 0 atom stereocenters. The van der Waals surface area contributed by atoms with E-state index in [1.54, 1.807) is 0 Å². The van der Waals surface area contributed by atoms with Crippen LogP contribution in [0.5, 0.6) is 0 Å². The van der Waals surface area contributed by atoms with Crippen LogP contribution in [0.1, 0.15) is 23.6 Å². The largest absolute Gasteiger partial charge is 0.361 e. The Morgan fingerprint density at radius 3 is 3.07 bits per heavy atom. The quantitative estimate of drug-likeness (QED) is 0.703. The maximum Gasteiger partial charge on any atom is 0.0460 e. The first-order valence-electron chi connectivity index (χ1n) is 5.21. The van der Waals surface area contributed by atoms with E-state index in [-0.39, 0.29) is 0 Å². The molecule has 72 valence electrons. The fourth-order valence-electron chi connectivity index (χ4n) is 2.41. The molecule has 2 aromatic rings. The molecule has 0 unspecified atom stereocenters. The monoisotopic (exact) mass is 186 g/mol. The van der Waals surface area contributed by atoms with Crippen LogP contribution in [-0.2, 0) is 19.5 Å². The zero-order valence-electron chi connectivity index (χ0n) is 8.35. The number of H-pyrrole nitrogens is 1. The van der Waals surface area contributed by atoms with E-state index in [9.17, 15) is 0 Å². The Hall–Kier alpha value is -1.28. The van der Waals surface area contributed by atoms with E-state index in [1.165, 1.54) is 27.6 Å². The van der Waals surface area contributed by atoms with Gasteiger partial charge in [0.15, 0.2) is 0 Å². The van der Waals surface area contributed by atoms with Crippen LogP contribution in [0.4, 0.5) is 0 Å². The van der Waals surface area contributed by atoms with Crippen molar-refractivity contribution in [3.05, 3.63) is 35.0 Å². The number of nitrogens with one attached hydrogen (secondary N) is 2. The van der Waals surface area contributed by atoms with Crippen LogP contribution in [0.2, 0.25) is 0 Å². The second-order valence-electron chi connectivity index (χ2n) is 3.90. The van der Waals surface area contributed by atoms with Crippen LogP contribution < -0.4 is 5.32 Å². The molecule has 0 amide bonds. The van der Waals surface area contributed by atoms with Crippen molar-refractivity contribution in [3.8, 4) is 0 Å². The number of benzene rings is 1. The van der Waals surface area contributed by atoms with Crippen LogP contribution in [0.15, 0.2) is 18.3 Å². The Bertz CT molecular complexity index is 482. The molecular formula is C12H14N2. The minimum absolute atomic E-state index is 1.00. The lowest BCUT2D eigenvalue weighted by atomic mass is 9.96. The van der Waals surface area contributed by atoms with Crippen molar-refractivity contribution in [2.75, 3.05) is 0 Å². The van der Waals surface area contributed by atoms with E-state index in [4.69, 9.17) is 0 Å². The molecule has 14 heavy (non-hydrogen) atoms. The first-order chi connectivity index (χ1) is 6.90. The maximum absolute atomic E-state index is 3.44. The van der Waals surface area contributed by atoms with Gasteiger partial charge >= 0.3 is 0 Å². The van der Waals surface area contributed by atoms with E-state index in [1.807, 2.05) is 0 Å². The van der Waals surface area contributed by atoms with Crippen LogP contribution >= 0.6 is 0 Å². The van der Waals surface area contributed by atoms with E-state index >= 15 is 0 Å². The van der Waals surface area contributed by atoms with Gasteiger partial charge in [0.1, 0.15) is 0 Å². The van der Waals surface area contributed by atoms with Gasteiger partial charge in [-0.1, -0.05) is 13.0 Å². The highest BCUT2D eigenvalue weighted by Gasteiger charge is 2.15. The van der Waals surface area contributed by atoms with Gasteiger partial charge in [-0.15, -0.1) is 0 Å². The van der Waals surface area contributed by atoms with Gasteiger partial charge in [0, 0.05) is 30.2 Å². The highest BCUT2D eigenvalue weighted by atomic mass is 14.9. The van der Waals surface area contributed by atoms with Gasteiger partial charge in [-0.05, 0) is 29.2 Å². The van der Waals surface area contributed by atoms with Crippen molar-refractivity contribution >= 4 is 10.9 Å². The van der Waals surface area contributed by atoms with Gasteiger partial charge < -0.3 is 10.3 Å². The van der Waals surface area contributed by atoms with Crippen molar-refractivity contribution in [3.63, 3.8) is 0 Å². The molecule has 1 aliphatic heterocycles. The van der Waals surface area contributed by atoms with Crippen molar-refractivity contribution in [2.45, 2.75) is 26.4 Å². The third-order valence-corrected chi connectivity index (χ3v) is 3.13. The molecule has 1 aliphatic rings. The molecule has 2 heteroatoms. The van der Waals surface area contributed by atoms with E-state index < -0.39 is 0 Å². The minimum atomic E-state index is 1.00. The summed E-state index contributed by atoms with van der Waals surface area (Å²) in [4.78, 5) is 3.33. The van der Waals surface area contributed by atoms with Crippen LogP contribution in [0, 0.1) is 0 Å². The second kappa shape index (κ2) is 2.85. The first kappa shape index (κ1) is 8.06. The summed E-state index contributed by atoms with van der Waals surface area (Å²) >= 11 is 0. The molecule has 0 saturated carbocycles. The summed E-state index contributed by atoms with van der Waals surface area (Å²) in [6, 6.07) is 4.44. The molecule has 0 radical (unpaired) electrons. The van der Waals surface area contributed by atoms with E-state index in [0.29, 0.717) is 0 Å². The minimum Gasteiger partial charge on any atom is -0.361 e. The Morgan fingerprint density at radius 2 is 2.21 bits per heavy atom. The fourth-order valence-corrected chi connectivity index (χ4v) is 2.41. The average molecular weight is 186 g/mol. The van der Waals surface area contributed by atoms with Crippen molar-refractivity contribution in [1.82, 2.24) is 10.3 Å². The molecule has 2 nitrogen and oxygen atoms in total. The zero-order valence-corrected chi connectivity index (χ0v) is 8.35. The Labute approximate surface area is 83.3 Å². The second-order valence-corrected chi connectivity index (χ2v) is 3.90. The highest BCUT2D eigenvalue weighted by molar-refractivity contribution is 5.88. The van der Waals surface area contributed by atoms with Crippen LogP contribution in [-0.4, -0.2) is 4.98 Å². The van der Waals surface area contributed by atoms with Gasteiger partial charge in [-0.2, -0.15) is 0 Å². The number of aromatic amines is 1. The molecule has 3 rings (SSSR count). The fraction of sp³-hybridized carbons (Fsp3) is 0.333. The van der Waals surface area contributed by atoms with Crippen molar-refractivity contribution in [2.24, 2.45) is 0 Å². The third-order valence-electron chi connectivity index (χ3n) is 3.13. The van der Waals surface area contributed by atoms with E-state index in [2.05, 4.69) is 35.6 Å². The summed E-state index contributed by atoms with van der Waals surface area (Å²) < 4.78 is 0. The van der Waals surface area contributed by atoms with Gasteiger partial charge in [0.2, 0.25) is 0 Å². The number of rotatable bonds is 1.